The number of rotatable bonds is 0. The molecular weight excluding hydrogens is 150 g/mol. The van der Waals surface area contributed by atoms with Crippen LogP contribution in [0.3, 0.4) is 0 Å². The van der Waals surface area contributed by atoms with Crippen LogP contribution in [0, 0.1) is 5.41 Å². The molecule has 0 aromatic heterocycles. The molecule has 0 N–H and O–H groups in total. The van der Waals surface area contributed by atoms with Crippen molar-refractivity contribution in [2.75, 3.05) is 26.7 Å². The first kappa shape index (κ1) is 10.0. The normalized spacial score (nSPS) is 29.8. The van der Waals surface area contributed by atoms with E-state index in [0.29, 0.717) is 0 Å². The van der Waals surface area contributed by atoms with Gasteiger partial charge in [0, 0.05) is 18.5 Å². The van der Waals surface area contributed by atoms with Crippen molar-refractivity contribution in [3.63, 3.8) is 0 Å². The molecule has 1 aliphatic heterocycles. The van der Waals surface area contributed by atoms with Crippen LogP contribution in [0.2, 0.25) is 0 Å². The van der Waals surface area contributed by atoms with Crippen molar-refractivity contribution in [3.8, 4) is 0 Å². The minimum atomic E-state index is -0.00222. The molecule has 0 radical (unpaired) electrons. The molecule has 12 heavy (non-hydrogen) atoms. The van der Waals surface area contributed by atoms with Crippen molar-refractivity contribution in [3.05, 3.63) is 0 Å². The van der Waals surface area contributed by atoms with Gasteiger partial charge in [-0.3, -0.25) is 0 Å². The first-order valence-electron chi connectivity index (χ1n) is 4.68. The van der Waals surface area contributed by atoms with Crippen LogP contribution in [-0.2, 0) is 4.74 Å². The molecule has 0 atom stereocenters. The summed E-state index contributed by atoms with van der Waals surface area (Å²) in [6, 6.07) is 0. The number of ether oxygens (including phenoxy) is 1. The van der Waals surface area contributed by atoms with Crippen molar-refractivity contribution in [1.29, 1.82) is 0 Å². The van der Waals surface area contributed by atoms with Crippen LogP contribution in [0.4, 0.5) is 0 Å². The fraction of sp³-hybridized carbons (Fsp3) is 1.00. The van der Waals surface area contributed by atoms with Crippen molar-refractivity contribution in [1.82, 2.24) is 4.90 Å². The van der Waals surface area contributed by atoms with E-state index in [4.69, 9.17) is 4.74 Å². The van der Waals surface area contributed by atoms with Gasteiger partial charge in [-0.15, -0.1) is 0 Å². The van der Waals surface area contributed by atoms with Crippen molar-refractivity contribution in [2.24, 2.45) is 5.41 Å². The summed E-state index contributed by atoms with van der Waals surface area (Å²) in [6.45, 7) is 11.9. The van der Waals surface area contributed by atoms with E-state index < -0.39 is 0 Å². The van der Waals surface area contributed by atoms with Crippen LogP contribution in [0.15, 0.2) is 0 Å². The van der Waals surface area contributed by atoms with Crippen LogP contribution in [0.5, 0.6) is 0 Å². The zero-order valence-electron chi connectivity index (χ0n) is 8.98. The van der Waals surface area contributed by atoms with Gasteiger partial charge in [0.2, 0.25) is 0 Å². The topological polar surface area (TPSA) is 12.5 Å². The second kappa shape index (κ2) is 3.00. The van der Waals surface area contributed by atoms with Gasteiger partial charge in [-0.05, 0) is 20.9 Å². The Morgan fingerprint density at radius 3 is 2.33 bits per heavy atom. The van der Waals surface area contributed by atoms with E-state index in [9.17, 15) is 0 Å². The van der Waals surface area contributed by atoms with E-state index in [-0.39, 0.29) is 11.0 Å². The van der Waals surface area contributed by atoms with Crippen molar-refractivity contribution in [2.45, 2.75) is 33.3 Å². The van der Waals surface area contributed by atoms with Crippen LogP contribution >= 0.6 is 0 Å². The van der Waals surface area contributed by atoms with E-state index >= 15 is 0 Å². The highest BCUT2D eigenvalue weighted by atomic mass is 16.5. The Kier molecular flexibility index (Phi) is 2.50. The molecule has 72 valence electrons. The molecule has 1 rings (SSSR count). The predicted octanol–water partition coefficient (Wildman–Crippen LogP) is 1.75. The molecule has 0 aromatic carbocycles. The summed E-state index contributed by atoms with van der Waals surface area (Å²) in [5, 5.41) is 0. The maximum Gasteiger partial charge on any atom is 0.0690 e. The predicted molar refractivity (Wildman–Crippen MR) is 51.3 cm³/mol. The minimum absolute atomic E-state index is 0.00222. The summed E-state index contributed by atoms with van der Waals surface area (Å²) in [6.07, 6.45) is 0. The smallest absolute Gasteiger partial charge is 0.0690 e. The average Bonchev–Trinajstić information content (AvgIpc) is 1.90. The monoisotopic (exact) mass is 171 g/mol. The zero-order valence-corrected chi connectivity index (χ0v) is 8.98. The summed E-state index contributed by atoms with van der Waals surface area (Å²) in [4.78, 5) is 2.34. The third kappa shape index (κ3) is 1.80. The Bertz CT molecular complexity index is 163. The lowest BCUT2D eigenvalue weighted by molar-refractivity contribution is -0.0799. The molecule has 1 aliphatic rings. The van der Waals surface area contributed by atoms with Gasteiger partial charge in [-0.1, -0.05) is 13.8 Å². The van der Waals surface area contributed by atoms with Gasteiger partial charge in [0.1, 0.15) is 0 Å². The van der Waals surface area contributed by atoms with E-state index in [0.717, 1.165) is 19.7 Å². The van der Waals surface area contributed by atoms with E-state index in [1.165, 1.54) is 0 Å². The first-order chi connectivity index (χ1) is 5.35. The van der Waals surface area contributed by atoms with Crippen molar-refractivity contribution < 1.29 is 4.74 Å². The van der Waals surface area contributed by atoms with Gasteiger partial charge in [-0.25, -0.2) is 0 Å². The van der Waals surface area contributed by atoms with Gasteiger partial charge in [0.05, 0.1) is 12.2 Å². The number of likely N-dealkylation sites (N-methyl/N-ethyl adjacent to an activating group) is 1. The van der Waals surface area contributed by atoms with Crippen LogP contribution in [0.1, 0.15) is 27.7 Å². The molecule has 1 heterocycles. The molecule has 0 bridgehead atoms. The summed E-state index contributed by atoms with van der Waals surface area (Å²) in [5.74, 6) is 0. The van der Waals surface area contributed by atoms with E-state index in [2.05, 4.69) is 39.6 Å². The lowest BCUT2D eigenvalue weighted by Gasteiger charge is -2.40. The molecule has 0 aromatic rings. The molecule has 0 aliphatic carbocycles. The second-order valence-corrected chi connectivity index (χ2v) is 4.98. The van der Waals surface area contributed by atoms with Crippen LogP contribution in [0.25, 0.3) is 0 Å². The quantitative estimate of drug-likeness (QED) is 0.550. The van der Waals surface area contributed by atoms with Gasteiger partial charge < -0.3 is 9.64 Å². The third-order valence-electron chi connectivity index (χ3n) is 3.23. The zero-order chi connectivity index (χ0) is 9.41. The largest absolute Gasteiger partial charge is 0.374 e. The summed E-state index contributed by atoms with van der Waals surface area (Å²) in [7, 11) is 2.16. The second-order valence-electron chi connectivity index (χ2n) is 4.98. The van der Waals surface area contributed by atoms with E-state index in [1.54, 1.807) is 0 Å². The summed E-state index contributed by atoms with van der Waals surface area (Å²) < 4.78 is 5.83. The highest BCUT2D eigenvalue weighted by Crippen LogP contribution is 2.35. The Balaban J connectivity index is 2.78. The fourth-order valence-corrected chi connectivity index (χ4v) is 1.60. The standard InChI is InChI=1S/C10H21NO/c1-9(2)8-11(5)6-7-12-10(9,3)4/h6-8H2,1-5H3. The summed E-state index contributed by atoms with van der Waals surface area (Å²) >= 11 is 0. The highest BCUT2D eigenvalue weighted by Gasteiger charge is 2.40. The van der Waals surface area contributed by atoms with Gasteiger partial charge in [0.15, 0.2) is 0 Å². The third-order valence-corrected chi connectivity index (χ3v) is 3.23. The molecule has 0 spiro atoms. The highest BCUT2D eigenvalue weighted by molar-refractivity contribution is 4.91. The molecule has 2 heteroatoms. The Hall–Kier alpha value is -0.0800. The molecular formula is C10H21NO. The molecule has 0 unspecified atom stereocenters. The average molecular weight is 171 g/mol. The van der Waals surface area contributed by atoms with Gasteiger partial charge in [-0.2, -0.15) is 0 Å². The molecule has 0 saturated carbocycles. The Morgan fingerprint density at radius 1 is 1.17 bits per heavy atom. The number of hydrogen-bond acceptors (Lipinski definition) is 2. The Morgan fingerprint density at radius 2 is 1.75 bits per heavy atom. The van der Waals surface area contributed by atoms with Gasteiger partial charge in [0.25, 0.3) is 0 Å². The molecule has 2 nitrogen and oxygen atoms in total. The van der Waals surface area contributed by atoms with Gasteiger partial charge >= 0.3 is 0 Å². The minimum Gasteiger partial charge on any atom is -0.374 e. The first-order valence-corrected chi connectivity index (χ1v) is 4.68. The fourth-order valence-electron chi connectivity index (χ4n) is 1.60. The molecule has 0 amide bonds. The maximum atomic E-state index is 5.83. The van der Waals surface area contributed by atoms with Crippen molar-refractivity contribution >= 4 is 0 Å². The van der Waals surface area contributed by atoms with Crippen LogP contribution < -0.4 is 0 Å². The lowest BCUT2D eigenvalue weighted by atomic mass is 9.77. The molecule has 1 fully saturated rings. The molecule has 1 saturated heterocycles. The Labute approximate surface area is 75.9 Å². The number of hydrogen-bond donors (Lipinski definition) is 0. The number of nitrogens with zero attached hydrogens (tertiary/aromatic N) is 1. The lowest BCUT2D eigenvalue weighted by Crippen LogP contribution is -2.45. The van der Waals surface area contributed by atoms with Crippen LogP contribution in [-0.4, -0.2) is 37.2 Å². The van der Waals surface area contributed by atoms with E-state index in [1.807, 2.05) is 0 Å². The summed E-state index contributed by atoms with van der Waals surface area (Å²) in [5.41, 5.74) is 0.232. The maximum absolute atomic E-state index is 5.83. The SMILES string of the molecule is CN1CCOC(C)(C)C(C)(C)C1.